The highest BCUT2D eigenvalue weighted by Crippen LogP contribution is 2.23. The maximum atomic E-state index is 5.45. The predicted octanol–water partition coefficient (Wildman–Crippen LogP) is 2.15. The quantitative estimate of drug-likeness (QED) is 0.866. The fraction of sp³-hybridized carbons (Fsp3) is 0.600. The van der Waals surface area contributed by atoms with Crippen LogP contribution in [0.4, 0.5) is 0 Å². The van der Waals surface area contributed by atoms with E-state index in [4.69, 9.17) is 9.15 Å². The number of methoxy groups -OCH3 is 1. The van der Waals surface area contributed by atoms with Crippen molar-refractivity contribution in [3.8, 4) is 0 Å². The monoisotopic (exact) mass is 307 g/mol. The molecule has 1 saturated carbocycles. The number of nitrogens with one attached hydrogen (secondary N) is 1. The molecular weight excluding hydrogens is 293 g/mol. The summed E-state index contributed by atoms with van der Waals surface area (Å²) in [5, 5.41) is 3.44. The molecule has 0 atom stereocenters. The Morgan fingerprint density at radius 2 is 2.36 bits per heavy atom. The average molecular weight is 307 g/mol. The molecule has 0 aliphatic heterocycles. The molecule has 0 unspecified atom stereocenters. The van der Waals surface area contributed by atoms with E-state index in [1.165, 1.54) is 0 Å². The van der Waals surface area contributed by atoms with Crippen LogP contribution in [0.25, 0.3) is 0 Å². The molecule has 0 radical (unpaired) electrons. The molecule has 3 nitrogen and oxygen atoms in total. The lowest BCUT2D eigenvalue weighted by Gasteiger charge is -2.34. The van der Waals surface area contributed by atoms with Crippen LogP contribution in [-0.2, 0) is 11.3 Å². The van der Waals surface area contributed by atoms with Crippen molar-refractivity contribution in [3.63, 3.8) is 0 Å². The highest BCUT2D eigenvalue weighted by atomic mass is 127. The summed E-state index contributed by atoms with van der Waals surface area (Å²) in [4.78, 5) is 0. The Bertz CT molecular complexity index is 294. The zero-order valence-electron chi connectivity index (χ0n) is 8.13. The second kappa shape index (κ2) is 4.63. The van der Waals surface area contributed by atoms with Gasteiger partial charge in [-0.15, -0.1) is 0 Å². The number of hydrogen-bond acceptors (Lipinski definition) is 3. The molecule has 1 aromatic heterocycles. The van der Waals surface area contributed by atoms with Gasteiger partial charge >= 0.3 is 0 Å². The van der Waals surface area contributed by atoms with Gasteiger partial charge in [-0.1, -0.05) is 0 Å². The molecule has 0 spiro atoms. The van der Waals surface area contributed by atoms with E-state index in [1.54, 1.807) is 7.11 Å². The Hall–Kier alpha value is -0.0700. The zero-order valence-corrected chi connectivity index (χ0v) is 10.3. The van der Waals surface area contributed by atoms with Crippen molar-refractivity contribution in [1.82, 2.24) is 5.32 Å². The van der Waals surface area contributed by atoms with Crippen molar-refractivity contribution in [2.24, 2.45) is 0 Å². The van der Waals surface area contributed by atoms with Crippen molar-refractivity contribution in [3.05, 3.63) is 21.7 Å². The van der Waals surface area contributed by atoms with Gasteiger partial charge in [0.05, 0.1) is 12.6 Å². The molecule has 1 aliphatic rings. The topological polar surface area (TPSA) is 34.4 Å². The zero-order chi connectivity index (χ0) is 9.97. The molecule has 1 fully saturated rings. The summed E-state index contributed by atoms with van der Waals surface area (Å²) in [6, 6.07) is 4.60. The Labute approximate surface area is 97.3 Å². The summed E-state index contributed by atoms with van der Waals surface area (Å²) >= 11 is 2.18. The third-order valence-electron chi connectivity index (χ3n) is 2.62. The standard InChI is InChI=1S/C10H14INO2/c1-13-9-4-7(5-9)12-6-8-2-3-10(11)14-8/h2-3,7,9,12H,4-6H2,1H3. The summed E-state index contributed by atoms with van der Waals surface area (Å²) in [5.74, 6) is 1.01. The minimum absolute atomic E-state index is 0.462. The lowest BCUT2D eigenvalue weighted by atomic mass is 9.89. The van der Waals surface area contributed by atoms with Gasteiger partial charge in [0, 0.05) is 13.2 Å². The average Bonchev–Trinajstić information content (AvgIpc) is 2.49. The van der Waals surface area contributed by atoms with Crippen molar-refractivity contribution >= 4 is 22.6 Å². The maximum Gasteiger partial charge on any atom is 0.164 e. The third-order valence-corrected chi connectivity index (χ3v) is 3.20. The van der Waals surface area contributed by atoms with Gasteiger partial charge < -0.3 is 14.5 Å². The van der Waals surface area contributed by atoms with Crippen LogP contribution in [0.15, 0.2) is 16.5 Å². The Balaban J connectivity index is 1.69. The van der Waals surface area contributed by atoms with Gasteiger partial charge in [0.25, 0.3) is 0 Å². The first kappa shape index (κ1) is 10.4. The molecule has 0 saturated heterocycles. The molecule has 78 valence electrons. The molecule has 1 N–H and O–H groups in total. The van der Waals surface area contributed by atoms with Crippen LogP contribution in [0.1, 0.15) is 18.6 Å². The van der Waals surface area contributed by atoms with Crippen LogP contribution in [0.3, 0.4) is 0 Å². The molecule has 0 amide bonds. The number of furan rings is 1. The van der Waals surface area contributed by atoms with Crippen LogP contribution < -0.4 is 5.32 Å². The van der Waals surface area contributed by atoms with Crippen LogP contribution in [0.5, 0.6) is 0 Å². The normalized spacial score (nSPS) is 26.1. The summed E-state index contributed by atoms with van der Waals surface area (Å²) in [6.45, 7) is 0.824. The van der Waals surface area contributed by atoms with E-state index in [-0.39, 0.29) is 0 Å². The second-order valence-electron chi connectivity index (χ2n) is 3.61. The number of halogens is 1. The van der Waals surface area contributed by atoms with Crippen molar-refractivity contribution in [1.29, 1.82) is 0 Å². The minimum atomic E-state index is 0.462. The van der Waals surface area contributed by atoms with E-state index >= 15 is 0 Å². The number of ether oxygens (including phenoxy) is 1. The van der Waals surface area contributed by atoms with Gasteiger partial charge in [-0.2, -0.15) is 0 Å². The fourth-order valence-electron chi connectivity index (χ4n) is 1.62. The molecule has 4 heteroatoms. The van der Waals surface area contributed by atoms with E-state index in [9.17, 15) is 0 Å². The molecule has 1 aromatic rings. The second-order valence-corrected chi connectivity index (χ2v) is 4.68. The van der Waals surface area contributed by atoms with Crippen molar-refractivity contribution in [2.45, 2.75) is 31.5 Å². The predicted molar refractivity (Wildman–Crippen MR) is 62.1 cm³/mol. The van der Waals surface area contributed by atoms with Gasteiger partial charge in [-0.25, -0.2) is 0 Å². The van der Waals surface area contributed by atoms with Gasteiger partial charge in [0.15, 0.2) is 3.77 Å². The molecule has 0 aromatic carbocycles. The van der Waals surface area contributed by atoms with Crippen molar-refractivity contribution < 1.29 is 9.15 Å². The summed E-state index contributed by atoms with van der Waals surface area (Å²) in [5.41, 5.74) is 0. The van der Waals surface area contributed by atoms with Gasteiger partial charge in [0.1, 0.15) is 5.76 Å². The first-order valence-corrected chi connectivity index (χ1v) is 5.86. The molecule has 1 heterocycles. The molecule has 1 aliphatic carbocycles. The summed E-state index contributed by atoms with van der Waals surface area (Å²) in [6.07, 6.45) is 2.70. The van der Waals surface area contributed by atoms with Gasteiger partial charge in [-0.3, -0.25) is 0 Å². The third kappa shape index (κ3) is 2.49. The highest BCUT2D eigenvalue weighted by molar-refractivity contribution is 14.1. The van der Waals surface area contributed by atoms with Crippen LogP contribution in [0.2, 0.25) is 0 Å². The lowest BCUT2D eigenvalue weighted by molar-refractivity contribution is 0.0165. The summed E-state index contributed by atoms with van der Waals surface area (Å²) in [7, 11) is 1.77. The van der Waals surface area contributed by atoms with E-state index in [2.05, 4.69) is 27.9 Å². The minimum Gasteiger partial charge on any atom is -0.454 e. The fourth-order valence-corrected chi connectivity index (χ4v) is 2.08. The smallest absolute Gasteiger partial charge is 0.164 e. The van der Waals surface area contributed by atoms with E-state index < -0.39 is 0 Å². The van der Waals surface area contributed by atoms with E-state index in [0.717, 1.165) is 28.9 Å². The van der Waals surface area contributed by atoms with E-state index in [1.807, 2.05) is 12.1 Å². The van der Waals surface area contributed by atoms with Crippen LogP contribution in [-0.4, -0.2) is 19.3 Å². The Morgan fingerprint density at radius 3 is 2.93 bits per heavy atom. The highest BCUT2D eigenvalue weighted by Gasteiger charge is 2.28. The largest absolute Gasteiger partial charge is 0.454 e. The SMILES string of the molecule is COC1CC(NCc2ccc(I)o2)C1. The molecule has 0 bridgehead atoms. The maximum absolute atomic E-state index is 5.45. The molecule has 14 heavy (non-hydrogen) atoms. The van der Waals surface area contributed by atoms with Crippen LogP contribution in [0, 0.1) is 3.77 Å². The van der Waals surface area contributed by atoms with Gasteiger partial charge in [-0.05, 0) is 47.6 Å². The Morgan fingerprint density at radius 1 is 1.57 bits per heavy atom. The Kier molecular flexibility index (Phi) is 3.46. The van der Waals surface area contributed by atoms with Gasteiger partial charge in [0.2, 0.25) is 0 Å². The lowest BCUT2D eigenvalue weighted by Crippen LogP contribution is -2.44. The van der Waals surface area contributed by atoms with Crippen LogP contribution >= 0.6 is 22.6 Å². The molecule has 2 rings (SSSR count). The van der Waals surface area contributed by atoms with Crippen molar-refractivity contribution in [2.75, 3.05) is 7.11 Å². The molecular formula is C10H14INO2. The summed E-state index contributed by atoms with van der Waals surface area (Å²) < 4.78 is 11.6. The number of hydrogen-bond donors (Lipinski definition) is 1. The number of rotatable bonds is 4. The van der Waals surface area contributed by atoms with E-state index in [0.29, 0.717) is 12.1 Å². The first-order valence-electron chi connectivity index (χ1n) is 4.78. The first-order chi connectivity index (χ1) is 6.78.